The Morgan fingerprint density at radius 1 is 1.25 bits per heavy atom. The monoisotopic (exact) mass is 399 g/mol. The lowest BCUT2D eigenvalue weighted by Crippen LogP contribution is -2.47. The third-order valence-corrected chi connectivity index (χ3v) is 5.49. The molecule has 1 aromatic carbocycles. The fourth-order valence-electron chi connectivity index (χ4n) is 3.34. The Bertz CT molecular complexity index is 803. The summed E-state index contributed by atoms with van der Waals surface area (Å²) in [6.45, 7) is 2.53. The second-order valence-electron chi connectivity index (χ2n) is 7.00. The minimum Gasteiger partial charge on any atom is -0.445 e. The molecule has 7 heteroatoms. The first-order valence-electron chi connectivity index (χ1n) is 9.29. The summed E-state index contributed by atoms with van der Waals surface area (Å²) in [7, 11) is 1.76. The van der Waals surface area contributed by atoms with E-state index >= 15 is 0 Å². The van der Waals surface area contributed by atoms with Crippen LogP contribution in [0.4, 0.5) is 4.79 Å². The zero-order valence-corrected chi connectivity index (χ0v) is 17.0. The molecule has 1 aromatic heterocycles. The molecule has 0 spiro atoms. The fourth-order valence-corrected chi connectivity index (χ4v) is 3.72. The second kappa shape index (κ2) is 9.10. The van der Waals surface area contributed by atoms with Gasteiger partial charge in [-0.1, -0.05) is 30.3 Å². The van der Waals surface area contributed by atoms with Crippen molar-refractivity contribution in [1.29, 1.82) is 0 Å². The number of pyridine rings is 1. The first kappa shape index (κ1) is 20.2. The van der Waals surface area contributed by atoms with E-state index < -0.39 is 12.1 Å². The van der Waals surface area contributed by atoms with Crippen LogP contribution in [0.5, 0.6) is 0 Å². The van der Waals surface area contributed by atoms with Crippen LogP contribution in [-0.4, -0.2) is 51.7 Å². The van der Waals surface area contributed by atoms with Gasteiger partial charge in [0, 0.05) is 31.2 Å². The molecule has 148 valence electrons. The van der Waals surface area contributed by atoms with Crippen molar-refractivity contribution >= 4 is 24.6 Å². The topological polar surface area (TPSA) is 62.7 Å². The predicted molar refractivity (Wildman–Crippen MR) is 110 cm³/mol. The molecule has 6 nitrogen and oxygen atoms in total. The van der Waals surface area contributed by atoms with Crippen LogP contribution in [0.3, 0.4) is 0 Å². The Morgan fingerprint density at radius 2 is 1.93 bits per heavy atom. The Balaban J connectivity index is 1.66. The molecule has 2 heterocycles. The molecule has 2 amide bonds. The zero-order valence-electron chi connectivity index (χ0n) is 16.1. The third kappa shape index (κ3) is 4.65. The van der Waals surface area contributed by atoms with Crippen LogP contribution in [0.2, 0.25) is 0 Å². The molecule has 28 heavy (non-hydrogen) atoms. The lowest BCUT2D eigenvalue weighted by Gasteiger charge is -2.31. The van der Waals surface area contributed by atoms with Gasteiger partial charge in [0.1, 0.15) is 12.6 Å². The van der Waals surface area contributed by atoms with Gasteiger partial charge >= 0.3 is 6.09 Å². The third-order valence-electron chi connectivity index (χ3n) is 5.12. The van der Waals surface area contributed by atoms with E-state index in [0.717, 1.165) is 11.1 Å². The molecule has 1 unspecified atom stereocenters. The van der Waals surface area contributed by atoms with Crippen molar-refractivity contribution in [3.05, 3.63) is 66.0 Å². The van der Waals surface area contributed by atoms with Crippen molar-refractivity contribution in [2.75, 3.05) is 13.6 Å². The van der Waals surface area contributed by atoms with Crippen LogP contribution in [0.1, 0.15) is 30.5 Å². The van der Waals surface area contributed by atoms with Crippen LogP contribution < -0.4 is 0 Å². The van der Waals surface area contributed by atoms with Gasteiger partial charge < -0.3 is 9.64 Å². The van der Waals surface area contributed by atoms with Crippen LogP contribution in [0.25, 0.3) is 0 Å². The lowest BCUT2D eigenvalue weighted by molar-refractivity contribution is -0.136. The van der Waals surface area contributed by atoms with Gasteiger partial charge in [-0.3, -0.25) is 14.7 Å². The van der Waals surface area contributed by atoms with Crippen molar-refractivity contribution in [1.82, 2.24) is 14.8 Å². The SMILES string of the molecule is CC(c1ccncc1)N(C)C(=O)[C@@H]1C[C@H](S)CN1C(=O)OCc1ccccc1. The minimum atomic E-state index is -0.569. The molecule has 0 saturated carbocycles. The number of likely N-dealkylation sites (N-methyl/N-ethyl adjacent to an activating group) is 1. The average molecular weight is 400 g/mol. The van der Waals surface area contributed by atoms with Crippen LogP contribution in [0.15, 0.2) is 54.9 Å². The largest absolute Gasteiger partial charge is 0.445 e. The standard InChI is InChI=1S/C21H25N3O3S/c1-15(17-8-10-22-11-9-17)23(2)20(25)19-12-18(28)13-24(19)21(26)27-14-16-6-4-3-5-7-16/h3-11,15,18-19,28H,12-14H2,1-2H3/t15?,18-,19-/m0/s1. The fraction of sp³-hybridized carbons (Fsp3) is 0.381. The van der Waals surface area contributed by atoms with Crippen molar-refractivity contribution < 1.29 is 14.3 Å². The summed E-state index contributed by atoms with van der Waals surface area (Å²) in [6, 6.07) is 12.6. The van der Waals surface area contributed by atoms with Crippen molar-refractivity contribution in [3.8, 4) is 0 Å². The summed E-state index contributed by atoms with van der Waals surface area (Å²) in [4.78, 5) is 32.9. The van der Waals surface area contributed by atoms with E-state index in [9.17, 15) is 9.59 Å². The Hall–Kier alpha value is -2.54. The van der Waals surface area contributed by atoms with Crippen molar-refractivity contribution in [2.24, 2.45) is 0 Å². The Morgan fingerprint density at radius 3 is 2.61 bits per heavy atom. The molecule has 0 N–H and O–H groups in total. The number of thiol groups is 1. The van der Waals surface area contributed by atoms with E-state index in [4.69, 9.17) is 4.74 Å². The quantitative estimate of drug-likeness (QED) is 0.784. The van der Waals surface area contributed by atoms with Gasteiger partial charge in [0.2, 0.25) is 5.91 Å². The van der Waals surface area contributed by atoms with E-state index in [2.05, 4.69) is 17.6 Å². The van der Waals surface area contributed by atoms with E-state index in [1.54, 1.807) is 24.3 Å². The number of amides is 2. The molecule has 1 saturated heterocycles. The summed E-state index contributed by atoms with van der Waals surface area (Å²) in [6.07, 6.45) is 3.44. The van der Waals surface area contributed by atoms with E-state index in [-0.39, 0.29) is 23.8 Å². The zero-order chi connectivity index (χ0) is 20.1. The number of carbonyl (C=O) groups excluding carboxylic acids is 2. The Kier molecular flexibility index (Phi) is 6.57. The number of benzene rings is 1. The first-order chi connectivity index (χ1) is 13.5. The van der Waals surface area contributed by atoms with Gasteiger partial charge in [-0.15, -0.1) is 0 Å². The number of nitrogens with zero attached hydrogens (tertiary/aromatic N) is 3. The maximum atomic E-state index is 13.1. The minimum absolute atomic E-state index is 0.0529. The van der Waals surface area contributed by atoms with E-state index in [1.165, 1.54) is 4.90 Å². The van der Waals surface area contributed by atoms with E-state index in [0.29, 0.717) is 13.0 Å². The summed E-state index contributed by atoms with van der Waals surface area (Å²) in [5, 5.41) is -0.0529. The maximum Gasteiger partial charge on any atom is 0.410 e. The van der Waals surface area contributed by atoms with E-state index in [1.807, 2.05) is 49.4 Å². The van der Waals surface area contributed by atoms with Gasteiger partial charge in [0.05, 0.1) is 6.04 Å². The number of rotatable bonds is 5. The Labute approximate surface area is 170 Å². The number of carbonyl (C=O) groups is 2. The highest BCUT2D eigenvalue weighted by Crippen LogP contribution is 2.27. The summed E-state index contributed by atoms with van der Waals surface area (Å²) in [5.74, 6) is -0.113. The maximum absolute atomic E-state index is 13.1. The van der Waals surface area contributed by atoms with Gasteiger partial charge in [-0.2, -0.15) is 12.6 Å². The molecule has 0 aliphatic carbocycles. The lowest BCUT2D eigenvalue weighted by atomic mass is 10.1. The number of hydrogen-bond acceptors (Lipinski definition) is 5. The smallest absolute Gasteiger partial charge is 0.410 e. The molecule has 0 radical (unpaired) electrons. The molecule has 3 rings (SSSR count). The first-order valence-corrected chi connectivity index (χ1v) is 9.81. The van der Waals surface area contributed by atoms with Gasteiger partial charge in [0.15, 0.2) is 0 Å². The second-order valence-corrected chi connectivity index (χ2v) is 7.73. The molecule has 1 fully saturated rings. The van der Waals surface area contributed by atoms with Crippen molar-refractivity contribution in [2.45, 2.75) is 37.3 Å². The number of aromatic nitrogens is 1. The number of hydrogen-bond donors (Lipinski definition) is 1. The van der Waals surface area contributed by atoms with Crippen molar-refractivity contribution in [3.63, 3.8) is 0 Å². The molecule has 2 aromatic rings. The molecule has 1 aliphatic heterocycles. The molecule has 0 bridgehead atoms. The number of likely N-dealkylation sites (tertiary alicyclic amines) is 1. The summed E-state index contributed by atoms with van der Waals surface area (Å²) < 4.78 is 5.44. The van der Waals surface area contributed by atoms with Crippen LogP contribution in [-0.2, 0) is 16.1 Å². The predicted octanol–water partition coefficient (Wildman–Crippen LogP) is 3.31. The van der Waals surface area contributed by atoms with Gasteiger partial charge in [-0.05, 0) is 36.6 Å². The summed E-state index contributed by atoms with van der Waals surface area (Å²) >= 11 is 4.50. The van der Waals surface area contributed by atoms with Crippen LogP contribution in [0, 0.1) is 0 Å². The normalized spacial score (nSPS) is 19.9. The molecule has 1 aliphatic rings. The molecule has 3 atom stereocenters. The molecular formula is C21H25N3O3S. The van der Waals surface area contributed by atoms with Gasteiger partial charge in [-0.25, -0.2) is 4.79 Å². The average Bonchev–Trinajstić information content (AvgIpc) is 3.13. The summed E-state index contributed by atoms with van der Waals surface area (Å²) in [5.41, 5.74) is 1.90. The highest BCUT2D eigenvalue weighted by atomic mass is 32.1. The van der Waals surface area contributed by atoms with Gasteiger partial charge in [0.25, 0.3) is 0 Å². The number of ether oxygens (including phenoxy) is 1. The highest BCUT2D eigenvalue weighted by Gasteiger charge is 2.41. The van der Waals surface area contributed by atoms with Crippen LogP contribution >= 0.6 is 12.6 Å². The molecular weight excluding hydrogens is 374 g/mol. The highest BCUT2D eigenvalue weighted by molar-refractivity contribution is 7.81.